The Bertz CT molecular complexity index is 595. The smallest absolute Gasteiger partial charge is 0.0900 e. The fourth-order valence-electron chi connectivity index (χ4n) is 2.80. The van der Waals surface area contributed by atoms with Crippen molar-refractivity contribution in [3.63, 3.8) is 0 Å². The van der Waals surface area contributed by atoms with Gasteiger partial charge in [0, 0.05) is 32.0 Å². The van der Waals surface area contributed by atoms with Crippen molar-refractivity contribution in [2.45, 2.75) is 39.5 Å². The van der Waals surface area contributed by atoms with Crippen LogP contribution in [0, 0.1) is 5.92 Å². The topological polar surface area (TPSA) is 37.6 Å². The highest BCUT2D eigenvalue weighted by Gasteiger charge is 2.14. The van der Waals surface area contributed by atoms with Gasteiger partial charge in [-0.15, -0.1) is 0 Å². The lowest BCUT2D eigenvalue weighted by atomic mass is 10.1. The predicted molar refractivity (Wildman–Crippen MR) is 102 cm³/mol. The lowest BCUT2D eigenvalue weighted by Crippen LogP contribution is -2.36. The molecule has 1 aromatic heterocycles. The number of aliphatic hydroxyl groups excluding tert-OH is 1. The second-order valence-corrected chi connectivity index (χ2v) is 7.18. The highest BCUT2D eigenvalue weighted by molar-refractivity contribution is 5.13. The third-order valence-corrected chi connectivity index (χ3v) is 4.35. The fourth-order valence-corrected chi connectivity index (χ4v) is 2.80. The molecule has 2 aromatic rings. The van der Waals surface area contributed by atoms with E-state index < -0.39 is 6.10 Å². The van der Waals surface area contributed by atoms with Crippen LogP contribution in [0.1, 0.15) is 31.5 Å². The molecule has 1 atom stereocenters. The van der Waals surface area contributed by atoms with Crippen LogP contribution in [0.25, 0.3) is 0 Å². The third-order valence-electron chi connectivity index (χ3n) is 4.35. The Morgan fingerprint density at radius 1 is 1.12 bits per heavy atom. The number of aliphatic hydroxyl groups is 1. The van der Waals surface area contributed by atoms with Gasteiger partial charge in [0.15, 0.2) is 0 Å². The van der Waals surface area contributed by atoms with E-state index in [1.807, 2.05) is 30.3 Å². The minimum absolute atomic E-state index is 0.361. The van der Waals surface area contributed by atoms with E-state index in [0.717, 1.165) is 25.1 Å². The minimum Gasteiger partial charge on any atom is -0.389 e. The highest BCUT2D eigenvalue weighted by atomic mass is 16.5. The van der Waals surface area contributed by atoms with Gasteiger partial charge in [0.25, 0.3) is 0 Å². The van der Waals surface area contributed by atoms with Crippen LogP contribution in [0.15, 0.2) is 48.7 Å². The number of ether oxygens (including phenoxy) is 1. The fraction of sp³-hybridized carbons (Fsp3) is 0.524. The maximum atomic E-state index is 10.4. The van der Waals surface area contributed by atoms with E-state index in [-0.39, 0.29) is 0 Å². The maximum Gasteiger partial charge on any atom is 0.0900 e. The monoisotopic (exact) mass is 344 g/mol. The molecule has 1 aromatic carbocycles. The summed E-state index contributed by atoms with van der Waals surface area (Å²) in [5.74, 6) is 0.655. The first-order valence-corrected chi connectivity index (χ1v) is 9.17. The van der Waals surface area contributed by atoms with Gasteiger partial charge in [0.05, 0.1) is 19.3 Å². The Morgan fingerprint density at radius 2 is 1.88 bits per heavy atom. The molecule has 0 saturated heterocycles. The quantitative estimate of drug-likeness (QED) is 0.678. The summed E-state index contributed by atoms with van der Waals surface area (Å²) >= 11 is 0. The van der Waals surface area contributed by atoms with Crippen molar-refractivity contribution >= 4 is 0 Å². The molecule has 1 N–H and O–H groups in total. The van der Waals surface area contributed by atoms with Gasteiger partial charge in [-0.25, -0.2) is 0 Å². The lowest BCUT2D eigenvalue weighted by Gasteiger charge is -2.26. The summed E-state index contributed by atoms with van der Waals surface area (Å²) in [5.41, 5.74) is 2.40. The molecule has 0 fully saturated rings. The van der Waals surface area contributed by atoms with E-state index in [9.17, 15) is 5.11 Å². The van der Waals surface area contributed by atoms with Crippen LogP contribution >= 0.6 is 0 Å². The number of nitrogens with zero attached hydrogens (tertiary/aromatic N) is 2. The number of benzene rings is 1. The molecule has 0 aliphatic carbocycles. The van der Waals surface area contributed by atoms with Crippen LogP contribution in [-0.2, 0) is 24.9 Å². The summed E-state index contributed by atoms with van der Waals surface area (Å²) in [5, 5.41) is 10.4. The summed E-state index contributed by atoms with van der Waals surface area (Å²) < 4.78 is 7.82. The van der Waals surface area contributed by atoms with Gasteiger partial charge < -0.3 is 14.4 Å². The molecule has 138 valence electrons. The number of rotatable bonds is 11. The van der Waals surface area contributed by atoms with Gasteiger partial charge in [-0.1, -0.05) is 44.2 Å². The molecule has 0 aliphatic heterocycles. The molecule has 0 saturated carbocycles. The zero-order valence-electron chi connectivity index (χ0n) is 15.8. The lowest BCUT2D eigenvalue weighted by molar-refractivity contribution is 0.00759. The Kier molecular flexibility index (Phi) is 8.19. The molecule has 0 spiro atoms. The molecule has 1 unspecified atom stereocenters. The van der Waals surface area contributed by atoms with Gasteiger partial charge >= 0.3 is 0 Å². The van der Waals surface area contributed by atoms with E-state index in [0.29, 0.717) is 25.7 Å². The van der Waals surface area contributed by atoms with Crippen LogP contribution in [0.4, 0.5) is 0 Å². The van der Waals surface area contributed by atoms with E-state index in [1.54, 1.807) is 0 Å². The van der Waals surface area contributed by atoms with Crippen molar-refractivity contribution < 1.29 is 9.84 Å². The van der Waals surface area contributed by atoms with Crippen LogP contribution in [0.5, 0.6) is 0 Å². The van der Waals surface area contributed by atoms with Gasteiger partial charge in [-0.3, -0.25) is 4.90 Å². The van der Waals surface area contributed by atoms with E-state index in [1.165, 1.54) is 5.69 Å². The zero-order valence-corrected chi connectivity index (χ0v) is 15.8. The summed E-state index contributed by atoms with van der Waals surface area (Å²) in [6.45, 7) is 7.85. The van der Waals surface area contributed by atoms with Crippen LogP contribution in [0.3, 0.4) is 0 Å². The number of aryl methyl sites for hydroxylation is 1. The Hall–Kier alpha value is -1.62. The van der Waals surface area contributed by atoms with Crippen LogP contribution in [-0.4, -0.2) is 40.4 Å². The first-order chi connectivity index (χ1) is 12.0. The van der Waals surface area contributed by atoms with Crippen molar-refractivity contribution in [3.8, 4) is 0 Å². The second-order valence-electron chi connectivity index (χ2n) is 7.18. The first-order valence-electron chi connectivity index (χ1n) is 9.17. The molecule has 0 radical (unpaired) electrons. The first kappa shape index (κ1) is 19.7. The zero-order chi connectivity index (χ0) is 18.1. The molecule has 1 heterocycles. The van der Waals surface area contributed by atoms with Crippen molar-refractivity contribution in [3.05, 3.63) is 59.9 Å². The number of aromatic nitrogens is 1. The van der Waals surface area contributed by atoms with Crippen LogP contribution in [0.2, 0.25) is 0 Å². The minimum atomic E-state index is -0.476. The summed E-state index contributed by atoms with van der Waals surface area (Å²) in [7, 11) is 2.06. The van der Waals surface area contributed by atoms with Gasteiger partial charge in [-0.05, 0) is 36.6 Å². The molecule has 4 nitrogen and oxygen atoms in total. The molecule has 0 aliphatic rings. The van der Waals surface area contributed by atoms with Gasteiger partial charge in [0.2, 0.25) is 0 Å². The maximum absolute atomic E-state index is 10.4. The second kappa shape index (κ2) is 10.4. The van der Waals surface area contributed by atoms with Crippen molar-refractivity contribution in [2.24, 2.45) is 13.0 Å². The Balaban J connectivity index is 1.80. The number of hydrogen-bond donors (Lipinski definition) is 1. The van der Waals surface area contributed by atoms with E-state index in [4.69, 9.17) is 4.74 Å². The van der Waals surface area contributed by atoms with Gasteiger partial charge in [-0.2, -0.15) is 0 Å². The largest absolute Gasteiger partial charge is 0.389 e. The van der Waals surface area contributed by atoms with Crippen LogP contribution < -0.4 is 0 Å². The molecule has 2 rings (SSSR count). The Morgan fingerprint density at radius 3 is 2.52 bits per heavy atom. The molecular formula is C21H32N2O2. The third kappa shape index (κ3) is 7.43. The standard InChI is InChI=1S/C21H32N2O2/c1-18(2)11-13-23(14-20-10-7-12-22(20)3)15-21(24)17-25-16-19-8-5-4-6-9-19/h4-10,12,18,21,24H,11,13-17H2,1-3H3. The normalized spacial score (nSPS) is 12.9. The summed E-state index contributed by atoms with van der Waals surface area (Å²) in [4.78, 5) is 2.33. The predicted octanol–water partition coefficient (Wildman–Crippen LogP) is 3.45. The van der Waals surface area contributed by atoms with E-state index in [2.05, 4.69) is 48.7 Å². The van der Waals surface area contributed by atoms with Crippen molar-refractivity contribution in [2.75, 3.05) is 19.7 Å². The van der Waals surface area contributed by atoms with Gasteiger partial charge in [0.1, 0.15) is 0 Å². The highest BCUT2D eigenvalue weighted by Crippen LogP contribution is 2.10. The number of hydrogen-bond acceptors (Lipinski definition) is 3. The molecule has 0 amide bonds. The van der Waals surface area contributed by atoms with E-state index >= 15 is 0 Å². The molecule has 0 bridgehead atoms. The summed E-state index contributed by atoms with van der Waals surface area (Å²) in [6, 6.07) is 14.3. The molecule has 4 heteroatoms. The van der Waals surface area contributed by atoms with Crippen molar-refractivity contribution in [1.82, 2.24) is 9.47 Å². The van der Waals surface area contributed by atoms with Crippen molar-refractivity contribution in [1.29, 1.82) is 0 Å². The average Bonchev–Trinajstić information content (AvgIpc) is 2.98. The SMILES string of the molecule is CC(C)CCN(Cc1cccn1C)CC(O)COCc1ccccc1. The summed E-state index contributed by atoms with van der Waals surface area (Å²) in [6.07, 6.45) is 2.72. The molecular weight excluding hydrogens is 312 g/mol. The average molecular weight is 344 g/mol. The Labute approximate surface area is 152 Å². The molecule has 25 heavy (non-hydrogen) atoms.